The molecule has 0 unspecified atom stereocenters. The van der Waals surface area contributed by atoms with Crippen molar-refractivity contribution in [1.29, 1.82) is 0 Å². The maximum absolute atomic E-state index is 12.7. The molecule has 134 valence electrons. The Morgan fingerprint density at radius 3 is 2.46 bits per heavy atom. The van der Waals surface area contributed by atoms with Gasteiger partial charge in [-0.15, -0.1) is 0 Å². The van der Waals surface area contributed by atoms with E-state index in [2.05, 4.69) is 10.0 Å². The third kappa shape index (κ3) is 4.95. The van der Waals surface area contributed by atoms with E-state index in [1.54, 1.807) is 13.0 Å². The average Bonchev–Trinajstić information content (AvgIpc) is 2.82. The summed E-state index contributed by atoms with van der Waals surface area (Å²) in [6.45, 7) is 1.73. The fraction of sp³-hybridized carbons (Fsp3) is 0.588. The van der Waals surface area contributed by atoms with Crippen molar-refractivity contribution in [3.63, 3.8) is 0 Å². The molecule has 0 atom stereocenters. The molecule has 0 bridgehead atoms. The fourth-order valence-electron chi connectivity index (χ4n) is 2.88. The van der Waals surface area contributed by atoms with Crippen molar-refractivity contribution in [3.8, 4) is 5.75 Å². The minimum absolute atomic E-state index is 0.0201. The number of sulfonamides is 1. The van der Waals surface area contributed by atoms with Crippen molar-refractivity contribution in [2.45, 2.75) is 62.8 Å². The molecule has 1 aliphatic carbocycles. The maximum Gasteiger partial charge on any atom is 0.240 e. The highest BCUT2D eigenvalue weighted by molar-refractivity contribution is 7.89. The summed E-state index contributed by atoms with van der Waals surface area (Å²) in [6.07, 6.45) is 6.47. The summed E-state index contributed by atoms with van der Waals surface area (Å²) in [4.78, 5) is 11.8. The lowest BCUT2D eigenvalue weighted by Crippen LogP contribution is -2.34. The Hall–Kier alpha value is -1.60. The van der Waals surface area contributed by atoms with Gasteiger partial charge in [0, 0.05) is 12.5 Å². The van der Waals surface area contributed by atoms with Crippen LogP contribution in [0.5, 0.6) is 5.75 Å². The van der Waals surface area contributed by atoms with E-state index in [1.165, 1.54) is 19.2 Å². The number of carbonyl (C=O) groups excluding carboxylic acids is 1. The molecule has 0 saturated heterocycles. The van der Waals surface area contributed by atoms with E-state index in [0.717, 1.165) is 38.5 Å². The highest BCUT2D eigenvalue weighted by Gasteiger charge is 2.22. The zero-order valence-electron chi connectivity index (χ0n) is 14.3. The van der Waals surface area contributed by atoms with Gasteiger partial charge in [0.25, 0.3) is 0 Å². The third-order valence-electron chi connectivity index (χ3n) is 4.25. The highest BCUT2D eigenvalue weighted by atomic mass is 32.2. The molecule has 2 rings (SSSR count). The number of nitrogens with one attached hydrogen (secondary N) is 2. The lowest BCUT2D eigenvalue weighted by Gasteiger charge is -2.17. The summed E-state index contributed by atoms with van der Waals surface area (Å²) in [5.41, 5.74) is 0.369. The molecule has 6 nitrogen and oxygen atoms in total. The number of hydrogen-bond acceptors (Lipinski definition) is 4. The van der Waals surface area contributed by atoms with Gasteiger partial charge in [0.05, 0.1) is 17.7 Å². The van der Waals surface area contributed by atoms with Gasteiger partial charge in [-0.25, -0.2) is 13.1 Å². The Labute approximate surface area is 144 Å². The summed E-state index contributed by atoms with van der Waals surface area (Å²) in [7, 11) is -2.14. The minimum Gasteiger partial charge on any atom is -0.495 e. The van der Waals surface area contributed by atoms with Crippen LogP contribution in [0.2, 0.25) is 0 Å². The molecule has 1 amide bonds. The number of methoxy groups -OCH3 is 1. The monoisotopic (exact) mass is 354 g/mol. The number of hydrogen-bond donors (Lipinski definition) is 2. The predicted octanol–water partition coefficient (Wildman–Crippen LogP) is 3.04. The SMILES string of the molecule is CCC(=O)Nc1cc(S(=O)(=O)NC2CCCCCC2)ccc1OC. The first-order chi connectivity index (χ1) is 11.5. The van der Waals surface area contributed by atoms with Crippen LogP contribution in [0.3, 0.4) is 0 Å². The van der Waals surface area contributed by atoms with Crippen LogP contribution in [-0.2, 0) is 14.8 Å². The summed E-state index contributed by atoms with van der Waals surface area (Å²) in [5.74, 6) is 0.241. The zero-order valence-corrected chi connectivity index (χ0v) is 15.1. The summed E-state index contributed by atoms with van der Waals surface area (Å²) in [5, 5.41) is 2.68. The number of carbonyl (C=O) groups is 1. The first kappa shape index (κ1) is 18.7. The van der Waals surface area contributed by atoms with Gasteiger partial charge in [-0.3, -0.25) is 4.79 Å². The first-order valence-electron chi connectivity index (χ1n) is 8.46. The second-order valence-electron chi connectivity index (χ2n) is 6.07. The van der Waals surface area contributed by atoms with E-state index in [4.69, 9.17) is 4.74 Å². The Bertz CT molecular complexity index is 665. The van der Waals surface area contributed by atoms with Gasteiger partial charge >= 0.3 is 0 Å². The maximum atomic E-state index is 12.7. The average molecular weight is 354 g/mol. The van der Waals surface area contributed by atoms with Gasteiger partial charge in [0.2, 0.25) is 15.9 Å². The van der Waals surface area contributed by atoms with Crippen molar-refractivity contribution in [2.24, 2.45) is 0 Å². The molecule has 24 heavy (non-hydrogen) atoms. The van der Waals surface area contributed by atoms with Gasteiger partial charge < -0.3 is 10.1 Å². The molecule has 0 radical (unpaired) electrons. The lowest BCUT2D eigenvalue weighted by atomic mass is 10.1. The van der Waals surface area contributed by atoms with Crippen molar-refractivity contribution >= 4 is 21.6 Å². The molecular formula is C17H26N2O4S. The molecule has 0 aromatic heterocycles. The molecule has 7 heteroatoms. The number of amides is 1. The fourth-order valence-corrected chi connectivity index (χ4v) is 4.21. The zero-order chi connectivity index (χ0) is 17.6. The van der Waals surface area contributed by atoms with Crippen LogP contribution in [0.15, 0.2) is 23.1 Å². The second kappa shape index (κ2) is 8.48. The standard InChI is InChI=1S/C17H26N2O4S/c1-3-17(20)18-15-12-14(10-11-16(15)23-2)24(21,22)19-13-8-6-4-5-7-9-13/h10-13,19H,3-9H2,1-2H3,(H,18,20). The number of benzene rings is 1. The quantitative estimate of drug-likeness (QED) is 0.769. The number of rotatable bonds is 6. The number of anilines is 1. The normalized spacial score (nSPS) is 16.4. The Kier molecular flexibility index (Phi) is 6.62. The molecule has 1 aromatic rings. The highest BCUT2D eigenvalue weighted by Crippen LogP contribution is 2.28. The smallest absolute Gasteiger partial charge is 0.240 e. The van der Waals surface area contributed by atoms with Gasteiger partial charge in [-0.1, -0.05) is 32.6 Å². The molecule has 2 N–H and O–H groups in total. The topological polar surface area (TPSA) is 84.5 Å². The summed E-state index contributed by atoms with van der Waals surface area (Å²) < 4.78 is 33.3. The van der Waals surface area contributed by atoms with Crippen molar-refractivity contribution in [3.05, 3.63) is 18.2 Å². The molecule has 0 aliphatic heterocycles. The van der Waals surface area contributed by atoms with E-state index in [-0.39, 0.29) is 16.8 Å². The van der Waals surface area contributed by atoms with E-state index < -0.39 is 10.0 Å². The predicted molar refractivity (Wildman–Crippen MR) is 93.7 cm³/mol. The van der Waals surface area contributed by atoms with Crippen molar-refractivity contribution in [1.82, 2.24) is 4.72 Å². The van der Waals surface area contributed by atoms with Crippen LogP contribution in [0.1, 0.15) is 51.9 Å². The van der Waals surface area contributed by atoms with Crippen molar-refractivity contribution < 1.29 is 17.9 Å². The van der Waals surface area contributed by atoms with Gasteiger partial charge in [-0.05, 0) is 31.0 Å². The van der Waals surface area contributed by atoms with Crippen LogP contribution in [0.4, 0.5) is 5.69 Å². The van der Waals surface area contributed by atoms with Crippen LogP contribution < -0.4 is 14.8 Å². The van der Waals surface area contributed by atoms with E-state index in [0.29, 0.717) is 17.9 Å². The van der Waals surface area contributed by atoms with E-state index in [9.17, 15) is 13.2 Å². The molecule has 1 aromatic carbocycles. The largest absolute Gasteiger partial charge is 0.495 e. The van der Waals surface area contributed by atoms with Gasteiger partial charge in [0.1, 0.15) is 5.75 Å². The molecule has 1 fully saturated rings. The van der Waals surface area contributed by atoms with Gasteiger partial charge in [-0.2, -0.15) is 0 Å². The summed E-state index contributed by atoms with van der Waals surface area (Å²) in [6, 6.07) is 4.49. The molecule has 0 spiro atoms. The van der Waals surface area contributed by atoms with E-state index in [1.807, 2.05) is 0 Å². The Morgan fingerprint density at radius 1 is 1.21 bits per heavy atom. The van der Waals surface area contributed by atoms with Crippen LogP contribution in [0, 0.1) is 0 Å². The Balaban J connectivity index is 2.22. The lowest BCUT2D eigenvalue weighted by molar-refractivity contribution is -0.115. The van der Waals surface area contributed by atoms with Crippen molar-refractivity contribution in [2.75, 3.05) is 12.4 Å². The molecular weight excluding hydrogens is 328 g/mol. The Morgan fingerprint density at radius 2 is 1.88 bits per heavy atom. The number of ether oxygens (including phenoxy) is 1. The summed E-state index contributed by atoms with van der Waals surface area (Å²) >= 11 is 0. The minimum atomic E-state index is -3.62. The first-order valence-corrected chi connectivity index (χ1v) is 9.95. The molecule has 1 aliphatic rings. The second-order valence-corrected chi connectivity index (χ2v) is 7.79. The van der Waals surface area contributed by atoms with Gasteiger partial charge in [0.15, 0.2) is 0 Å². The molecule has 0 heterocycles. The van der Waals surface area contributed by atoms with E-state index >= 15 is 0 Å². The molecule has 1 saturated carbocycles. The van der Waals surface area contributed by atoms with Crippen LogP contribution in [0.25, 0.3) is 0 Å². The van der Waals surface area contributed by atoms with Crippen LogP contribution >= 0.6 is 0 Å². The third-order valence-corrected chi connectivity index (χ3v) is 5.77. The van der Waals surface area contributed by atoms with Crippen LogP contribution in [-0.4, -0.2) is 27.5 Å².